The lowest BCUT2D eigenvalue weighted by molar-refractivity contribution is -0.138. The van der Waals surface area contributed by atoms with Crippen LogP contribution < -0.4 is 4.74 Å². The summed E-state index contributed by atoms with van der Waals surface area (Å²) >= 11 is 0. The van der Waals surface area contributed by atoms with E-state index in [1.165, 1.54) is 4.90 Å². The van der Waals surface area contributed by atoms with Crippen molar-refractivity contribution in [3.63, 3.8) is 0 Å². The average Bonchev–Trinajstić information content (AvgIpc) is 3.18. The number of imide groups is 1. The van der Waals surface area contributed by atoms with Crippen molar-refractivity contribution in [1.29, 1.82) is 0 Å². The van der Waals surface area contributed by atoms with Crippen LogP contribution in [0.25, 0.3) is 17.0 Å². The van der Waals surface area contributed by atoms with Gasteiger partial charge in [0.25, 0.3) is 5.91 Å². The van der Waals surface area contributed by atoms with E-state index in [1.54, 1.807) is 13.2 Å². The van der Waals surface area contributed by atoms with E-state index in [4.69, 9.17) is 4.74 Å². The predicted molar refractivity (Wildman–Crippen MR) is 99.4 cm³/mol. The van der Waals surface area contributed by atoms with Crippen LogP contribution >= 0.6 is 0 Å². The van der Waals surface area contributed by atoms with Crippen molar-refractivity contribution in [2.24, 2.45) is 0 Å². The van der Waals surface area contributed by atoms with Gasteiger partial charge in [0.1, 0.15) is 5.75 Å². The SMILES string of the molecule is COc1ccc2[nH]cc(/C=C3/CC(=O)N(Cc4ccccc4)C3=O)c2c1. The summed E-state index contributed by atoms with van der Waals surface area (Å²) in [6.45, 7) is 0.303. The molecule has 0 atom stereocenters. The first kappa shape index (κ1) is 16.1. The summed E-state index contributed by atoms with van der Waals surface area (Å²) in [5, 5.41) is 0.957. The lowest BCUT2D eigenvalue weighted by atomic mass is 10.1. The maximum atomic E-state index is 12.7. The number of likely N-dealkylation sites (tertiary alicyclic amines) is 1. The molecule has 0 unspecified atom stereocenters. The third-order valence-corrected chi connectivity index (χ3v) is 4.60. The number of hydrogen-bond donors (Lipinski definition) is 1. The van der Waals surface area contributed by atoms with E-state index in [0.29, 0.717) is 12.1 Å². The minimum Gasteiger partial charge on any atom is -0.497 e. The van der Waals surface area contributed by atoms with E-state index in [9.17, 15) is 9.59 Å². The molecule has 3 aromatic rings. The Morgan fingerprint density at radius 1 is 1.15 bits per heavy atom. The average molecular weight is 346 g/mol. The summed E-state index contributed by atoms with van der Waals surface area (Å²) in [5.41, 5.74) is 3.27. The van der Waals surface area contributed by atoms with Crippen molar-refractivity contribution < 1.29 is 14.3 Å². The molecule has 0 spiro atoms. The molecule has 1 N–H and O–H groups in total. The van der Waals surface area contributed by atoms with Crippen molar-refractivity contribution in [1.82, 2.24) is 9.88 Å². The molecule has 130 valence electrons. The van der Waals surface area contributed by atoms with Crippen molar-refractivity contribution in [3.05, 3.63) is 71.4 Å². The molecule has 0 radical (unpaired) electrons. The van der Waals surface area contributed by atoms with E-state index in [2.05, 4.69) is 4.98 Å². The number of aromatic amines is 1. The van der Waals surface area contributed by atoms with Crippen LogP contribution in [0.2, 0.25) is 0 Å². The fourth-order valence-electron chi connectivity index (χ4n) is 3.21. The summed E-state index contributed by atoms with van der Waals surface area (Å²) in [5.74, 6) is 0.356. The normalized spacial score (nSPS) is 16.0. The molecule has 5 heteroatoms. The maximum Gasteiger partial charge on any atom is 0.257 e. The van der Waals surface area contributed by atoms with Gasteiger partial charge in [-0.3, -0.25) is 14.5 Å². The van der Waals surface area contributed by atoms with E-state index in [-0.39, 0.29) is 18.2 Å². The quantitative estimate of drug-likeness (QED) is 0.581. The molecule has 0 aliphatic carbocycles. The molecule has 4 rings (SSSR count). The second-order valence-corrected chi connectivity index (χ2v) is 6.27. The highest BCUT2D eigenvalue weighted by Crippen LogP contribution is 2.28. The fourth-order valence-corrected chi connectivity index (χ4v) is 3.21. The van der Waals surface area contributed by atoms with Crippen molar-refractivity contribution in [3.8, 4) is 5.75 Å². The van der Waals surface area contributed by atoms with Gasteiger partial charge in [-0.2, -0.15) is 0 Å². The lowest BCUT2D eigenvalue weighted by Crippen LogP contribution is -2.28. The van der Waals surface area contributed by atoms with E-state index in [1.807, 2.05) is 54.7 Å². The fraction of sp³-hybridized carbons (Fsp3) is 0.143. The van der Waals surface area contributed by atoms with Crippen molar-refractivity contribution in [2.75, 3.05) is 7.11 Å². The first-order valence-electron chi connectivity index (χ1n) is 8.40. The van der Waals surface area contributed by atoms with Crippen LogP contribution in [0.4, 0.5) is 0 Å². The molecular weight excluding hydrogens is 328 g/mol. The first-order valence-corrected chi connectivity index (χ1v) is 8.40. The number of nitrogens with zero attached hydrogens (tertiary/aromatic N) is 1. The largest absolute Gasteiger partial charge is 0.497 e. The summed E-state index contributed by atoms with van der Waals surface area (Å²) in [6.07, 6.45) is 3.76. The second kappa shape index (κ2) is 6.52. The standard InChI is InChI=1S/C21H18N2O3/c1-26-17-7-8-19-18(11-17)16(12-22-19)9-15-10-20(24)23(21(15)25)13-14-5-3-2-4-6-14/h2-9,11-12,22H,10,13H2,1H3/b15-9-. The van der Waals surface area contributed by atoms with Gasteiger partial charge in [-0.1, -0.05) is 30.3 Å². The monoisotopic (exact) mass is 346 g/mol. The number of ether oxygens (including phenoxy) is 1. The van der Waals surface area contributed by atoms with Gasteiger partial charge in [0.15, 0.2) is 0 Å². The number of rotatable bonds is 4. The molecule has 1 saturated heterocycles. The lowest BCUT2D eigenvalue weighted by Gasteiger charge is -2.13. The zero-order valence-electron chi connectivity index (χ0n) is 14.4. The van der Waals surface area contributed by atoms with Gasteiger partial charge in [-0.15, -0.1) is 0 Å². The van der Waals surface area contributed by atoms with E-state index in [0.717, 1.165) is 27.8 Å². The molecular formula is C21H18N2O3. The number of H-pyrrole nitrogens is 1. The molecule has 5 nitrogen and oxygen atoms in total. The number of nitrogens with one attached hydrogen (secondary N) is 1. The summed E-state index contributed by atoms with van der Waals surface area (Å²) < 4.78 is 5.27. The molecule has 0 saturated carbocycles. The highest BCUT2D eigenvalue weighted by molar-refractivity contribution is 6.16. The number of hydrogen-bond acceptors (Lipinski definition) is 3. The van der Waals surface area contributed by atoms with Crippen LogP contribution in [-0.2, 0) is 16.1 Å². The minimum atomic E-state index is -0.226. The Morgan fingerprint density at radius 2 is 1.96 bits per heavy atom. The Labute approximate surface area is 150 Å². The Kier molecular flexibility index (Phi) is 4.05. The van der Waals surface area contributed by atoms with Gasteiger partial charge in [-0.25, -0.2) is 0 Å². The summed E-state index contributed by atoms with van der Waals surface area (Å²) in [4.78, 5) is 29.5. The number of fused-ring (bicyclic) bond motifs is 1. The van der Waals surface area contributed by atoms with Crippen LogP contribution in [0.15, 0.2) is 60.3 Å². The second-order valence-electron chi connectivity index (χ2n) is 6.27. The van der Waals surface area contributed by atoms with Gasteiger partial charge in [-0.05, 0) is 29.8 Å². The maximum absolute atomic E-state index is 12.7. The van der Waals surface area contributed by atoms with Crippen LogP contribution in [0.3, 0.4) is 0 Å². The van der Waals surface area contributed by atoms with Crippen LogP contribution in [0, 0.1) is 0 Å². The van der Waals surface area contributed by atoms with E-state index >= 15 is 0 Å². The van der Waals surface area contributed by atoms with E-state index < -0.39 is 0 Å². The molecule has 0 bridgehead atoms. The molecule has 2 heterocycles. The molecule has 1 aliphatic heterocycles. The van der Waals surface area contributed by atoms with Gasteiger partial charge in [0.05, 0.1) is 20.1 Å². The molecule has 26 heavy (non-hydrogen) atoms. The highest BCUT2D eigenvalue weighted by Gasteiger charge is 2.33. The minimum absolute atomic E-state index is 0.127. The molecule has 1 aromatic heterocycles. The molecule has 2 amide bonds. The Balaban J connectivity index is 1.64. The Hall–Kier alpha value is -3.34. The topological polar surface area (TPSA) is 62.4 Å². The number of carbonyl (C=O) groups excluding carboxylic acids is 2. The number of benzene rings is 2. The third-order valence-electron chi connectivity index (χ3n) is 4.60. The molecule has 1 aliphatic rings. The first-order chi connectivity index (χ1) is 12.7. The van der Waals surface area contributed by atoms with Crippen LogP contribution in [-0.4, -0.2) is 28.8 Å². The molecule has 1 fully saturated rings. The Morgan fingerprint density at radius 3 is 2.73 bits per heavy atom. The highest BCUT2D eigenvalue weighted by atomic mass is 16.5. The zero-order chi connectivity index (χ0) is 18.1. The van der Waals surface area contributed by atoms with Crippen LogP contribution in [0.1, 0.15) is 17.5 Å². The van der Waals surface area contributed by atoms with Gasteiger partial charge >= 0.3 is 0 Å². The predicted octanol–water partition coefficient (Wildman–Crippen LogP) is 3.52. The summed E-state index contributed by atoms with van der Waals surface area (Å²) in [7, 11) is 1.62. The van der Waals surface area contributed by atoms with Gasteiger partial charge < -0.3 is 9.72 Å². The van der Waals surface area contributed by atoms with Crippen molar-refractivity contribution >= 4 is 28.8 Å². The van der Waals surface area contributed by atoms with Crippen molar-refractivity contribution in [2.45, 2.75) is 13.0 Å². The number of amides is 2. The molecule has 2 aromatic carbocycles. The van der Waals surface area contributed by atoms with Gasteiger partial charge in [0, 0.05) is 28.2 Å². The number of methoxy groups -OCH3 is 1. The van der Waals surface area contributed by atoms with Gasteiger partial charge in [0.2, 0.25) is 5.91 Å². The Bertz CT molecular complexity index is 1020. The summed E-state index contributed by atoms with van der Waals surface area (Å²) in [6, 6.07) is 15.3. The zero-order valence-corrected chi connectivity index (χ0v) is 14.4. The number of carbonyl (C=O) groups is 2. The number of aromatic nitrogens is 1. The smallest absolute Gasteiger partial charge is 0.257 e. The third kappa shape index (κ3) is 2.88. The van der Waals surface area contributed by atoms with Crippen LogP contribution in [0.5, 0.6) is 5.75 Å².